The molecule has 0 bridgehead atoms. The minimum atomic E-state index is -0.227. The number of amides is 2. The van der Waals surface area contributed by atoms with Gasteiger partial charge in [-0.2, -0.15) is 0 Å². The second kappa shape index (κ2) is 7.31. The minimum Gasteiger partial charge on any atom is -0.441 e. The number of carbonyl (C=O) groups excluding carboxylic acids is 1. The number of hydrogen-bond acceptors (Lipinski definition) is 4. The third kappa shape index (κ3) is 4.02. The van der Waals surface area contributed by atoms with Crippen molar-refractivity contribution < 1.29 is 9.21 Å². The van der Waals surface area contributed by atoms with Crippen molar-refractivity contribution in [2.75, 3.05) is 5.32 Å². The summed E-state index contributed by atoms with van der Waals surface area (Å²) in [4.78, 5) is 17.3. The standard InChI is InChI=1S/C18H19N3O2S/c1-12(2)16-11-19-17(23-16)13-5-7-14(8-6-13)21-18(22)20-10-15-4-3-9-24-15/h3-9,11-12H,10H2,1-2H3,(H2,20,21,22). The fourth-order valence-corrected chi connectivity index (χ4v) is 2.78. The topological polar surface area (TPSA) is 67.2 Å². The van der Waals surface area contributed by atoms with Crippen molar-refractivity contribution in [1.82, 2.24) is 10.3 Å². The molecule has 5 nitrogen and oxygen atoms in total. The van der Waals surface area contributed by atoms with Gasteiger partial charge >= 0.3 is 6.03 Å². The summed E-state index contributed by atoms with van der Waals surface area (Å²) in [6, 6.07) is 11.1. The monoisotopic (exact) mass is 341 g/mol. The molecule has 2 aromatic heterocycles. The van der Waals surface area contributed by atoms with Gasteiger partial charge in [0.2, 0.25) is 5.89 Å². The van der Waals surface area contributed by atoms with E-state index < -0.39 is 0 Å². The first-order chi connectivity index (χ1) is 11.6. The largest absolute Gasteiger partial charge is 0.441 e. The highest BCUT2D eigenvalue weighted by Gasteiger charge is 2.09. The van der Waals surface area contributed by atoms with Crippen LogP contribution in [0, 0.1) is 0 Å². The number of hydrogen-bond donors (Lipinski definition) is 2. The van der Waals surface area contributed by atoms with Crippen LogP contribution in [0.5, 0.6) is 0 Å². The van der Waals surface area contributed by atoms with Gasteiger partial charge in [-0.3, -0.25) is 0 Å². The predicted molar refractivity (Wildman–Crippen MR) is 96.2 cm³/mol. The lowest BCUT2D eigenvalue weighted by Crippen LogP contribution is -2.27. The molecule has 6 heteroatoms. The third-order valence-corrected chi connectivity index (χ3v) is 4.36. The second-order valence-corrected chi connectivity index (χ2v) is 6.72. The van der Waals surface area contributed by atoms with Gasteiger partial charge in [-0.25, -0.2) is 9.78 Å². The van der Waals surface area contributed by atoms with Crippen molar-refractivity contribution in [3.05, 3.63) is 58.6 Å². The molecule has 0 spiro atoms. The number of nitrogens with one attached hydrogen (secondary N) is 2. The van der Waals surface area contributed by atoms with Gasteiger partial charge in [-0.1, -0.05) is 19.9 Å². The van der Waals surface area contributed by atoms with Gasteiger partial charge in [-0.05, 0) is 35.7 Å². The van der Waals surface area contributed by atoms with E-state index >= 15 is 0 Å². The van der Waals surface area contributed by atoms with E-state index in [1.807, 2.05) is 41.8 Å². The number of thiophene rings is 1. The molecule has 3 rings (SSSR count). The molecule has 24 heavy (non-hydrogen) atoms. The molecule has 2 N–H and O–H groups in total. The Labute approximate surface area is 144 Å². The van der Waals surface area contributed by atoms with Crippen LogP contribution < -0.4 is 10.6 Å². The quantitative estimate of drug-likeness (QED) is 0.697. The van der Waals surface area contributed by atoms with Gasteiger partial charge in [0, 0.05) is 22.0 Å². The SMILES string of the molecule is CC(C)c1cnc(-c2ccc(NC(=O)NCc3cccs3)cc2)o1. The van der Waals surface area contributed by atoms with E-state index in [1.165, 1.54) is 0 Å². The average Bonchev–Trinajstić information content (AvgIpc) is 3.25. The molecule has 2 heterocycles. The Morgan fingerprint density at radius 3 is 2.67 bits per heavy atom. The van der Waals surface area contributed by atoms with Crippen LogP contribution in [0.3, 0.4) is 0 Å². The normalized spacial score (nSPS) is 10.8. The van der Waals surface area contributed by atoms with Crippen molar-refractivity contribution in [2.24, 2.45) is 0 Å². The number of anilines is 1. The molecule has 0 radical (unpaired) electrons. The van der Waals surface area contributed by atoms with Crippen molar-refractivity contribution in [3.8, 4) is 11.5 Å². The van der Waals surface area contributed by atoms with Gasteiger partial charge in [0.25, 0.3) is 0 Å². The number of benzene rings is 1. The lowest BCUT2D eigenvalue weighted by molar-refractivity contribution is 0.252. The lowest BCUT2D eigenvalue weighted by Gasteiger charge is -2.07. The van der Waals surface area contributed by atoms with E-state index in [0.717, 1.165) is 21.9 Å². The van der Waals surface area contributed by atoms with Crippen molar-refractivity contribution in [2.45, 2.75) is 26.3 Å². The molecule has 0 fully saturated rings. The molecule has 0 atom stereocenters. The molecule has 2 amide bonds. The average molecular weight is 341 g/mol. The molecular formula is C18H19N3O2S. The predicted octanol–water partition coefficient (Wildman–Crippen LogP) is 4.85. The Balaban J connectivity index is 1.58. The van der Waals surface area contributed by atoms with Crippen LogP contribution in [0.15, 0.2) is 52.4 Å². The number of oxazole rings is 1. The van der Waals surface area contributed by atoms with E-state index in [-0.39, 0.29) is 6.03 Å². The Morgan fingerprint density at radius 1 is 1.25 bits per heavy atom. The highest BCUT2D eigenvalue weighted by molar-refractivity contribution is 7.09. The van der Waals surface area contributed by atoms with Gasteiger partial charge in [0.1, 0.15) is 5.76 Å². The molecule has 3 aromatic rings. The fourth-order valence-electron chi connectivity index (χ4n) is 2.14. The molecule has 0 aliphatic rings. The first-order valence-electron chi connectivity index (χ1n) is 7.75. The lowest BCUT2D eigenvalue weighted by atomic mass is 10.2. The molecule has 0 aliphatic carbocycles. The van der Waals surface area contributed by atoms with Crippen LogP contribution in [-0.2, 0) is 6.54 Å². The molecular weight excluding hydrogens is 322 g/mol. The summed E-state index contributed by atoms with van der Waals surface area (Å²) in [7, 11) is 0. The number of aromatic nitrogens is 1. The maximum atomic E-state index is 11.9. The van der Waals surface area contributed by atoms with Crippen LogP contribution in [0.25, 0.3) is 11.5 Å². The van der Waals surface area contributed by atoms with Gasteiger partial charge in [-0.15, -0.1) is 11.3 Å². The Kier molecular flexibility index (Phi) is 4.96. The maximum Gasteiger partial charge on any atom is 0.319 e. The molecule has 0 aliphatic heterocycles. The zero-order valence-electron chi connectivity index (χ0n) is 13.6. The highest BCUT2D eigenvalue weighted by atomic mass is 32.1. The van der Waals surface area contributed by atoms with Crippen LogP contribution in [0.4, 0.5) is 10.5 Å². The van der Waals surface area contributed by atoms with E-state index in [0.29, 0.717) is 18.4 Å². The summed E-state index contributed by atoms with van der Waals surface area (Å²) >= 11 is 1.61. The van der Waals surface area contributed by atoms with E-state index in [4.69, 9.17) is 4.42 Å². The molecule has 0 unspecified atom stereocenters. The Hall–Kier alpha value is -2.60. The minimum absolute atomic E-state index is 0.227. The van der Waals surface area contributed by atoms with E-state index in [2.05, 4.69) is 29.5 Å². The second-order valence-electron chi connectivity index (χ2n) is 5.69. The van der Waals surface area contributed by atoms with E-state index in [9.17, 15) is 4.79 Å². The summed E-state index contributed by atoms with van der Waals surface area (Å²) in [6.07, 6.45) is 1.75. The zero-order valence-corrected chi connectivity index (χ0v) is 14.4. The van der Waals surface area contributed by atoms with Crippen molar-refractivity contribution in [1.29, 1.82) is 0 Å². The van der Waals surface area contributed by atoms with Crippen molar-refractivity contribution in [3.63, 3.8) is 0 Å². The summed E-state index contributed by atoms with van der Waals surface area (Å²) in [5.41, 5.74) is 1.60. The number of urea groups is 1. The Morgan fingerprint density at radius 2 is 2.04 bits per heavy atom. The summed E-state index contributed by atoms with van der Waals surface area (Å²) in [5, 5.41) is 7.62. The third-order valence-electron chi connectivity index (χ3n) is 3.49. The maximum absolute atomic E-state index is 11.9. The summed E-state index contributed by atoms with van der Waals surface area (Å²) < 4.78 is 5.72. The fraction of sp³-hybridized carbons (Fsp3) is 0.222. The number of nitrogens with zero attached hydrogens (tertiary/aromatic N) is 1. The Bertz CT molecular complexity index is 792. The zero-order chi connectivity index (χ0) is 16.9. The van der Waals surface area contributed by atoms with Crippen LogP contribution in [0.1, 0.15) is 30.4 Å². The smallest absolute Gasteiger partial charge is 0.319 e. The van der Waals surface area contributed by atoms with Crippen LogP contribution in [0.2, 0.25) is 0 Å². The molecule has 1 aromatic carbocycles. The van der Waals surface area contributed by atoms with Gasteiger partial charge < -0.3 is 15.1 Å². The molecule has 0 saturated carbocycles. The van der Waals surface area contributed by atoms with Gasteiger partial charge in [0.15, 0.2) is 0 Å². The molecule has 124 valence electrons. The number of carbonyl (C=O) groups is 1. The van der Waals surface area contributed by atoms with Crippen LogP contribution >= 0.6 is 11.3 Å². The summed E-state index contributed by atoms with van der Waals surface area (Å²) in [5.74, 6) is 1.76. The van der Waals surface area contributed by atoms with E-state index in [1.54, 1.807) is 17.5 Å². The van der Waals surface area contributed by atoms with Gasteiger partial charge in [0.05, 0.1) is 12.7 Å². The summed E-state index contributed by atoms with van der Waals surface area (Å²) in [6.45, 7) is 4.65. The number of rotatable bonds is 5. The van der Waals surface area contributed by atoms with Crippen molar-refractivity contribution >= 4 is 23.1 Å². The highest BCUT2D eigenvalue weighted by Crippen LogP contribution is 2.24. The first-order valence-corrected chi connectivity index (χ1v) is 8.63. The van der Waals surface area contributed by atoms with Crippen LogP contribution in [-0.4, -0.2) is 11.0 Å². The first kappa shape index (κ1) is 16.3. The molecule has 0 saturated heterocycles.